The second kappa shape index (κ2) is 6.29. The van der Waals surface area contributed by atoms with Crippen LogP contribution in [0.3, 0.4) is 0 Å². The summed E-state index contributed by atoms with van der Waals surface area (Å²) in [7, 11) is 0. The van der Waals surface area contributed by atoms with Gasteiger partial charge in [0.1, 0.15) is 0 Å². The van der Waals surface area contributed by atoms with Gasteiger partial charge in [0.15, 0.2) is 11.6 Å². The first kappa shape index (κ1) is 14.7. The molecule has 0 radical (unpaired) electrons. The van der Waals surface area contributed by atoms with Crippen LogP contribution in [0.25, 0.3) is 6.08 Å². The Morgan fingerprint density at radius 1 is 1.05 bits per heavy atom. The average molecular weight is 290 g/mol. The Labute approximate surface area is 126 Å². The molecule has 1 fully saturated rings. The molecule has 0 aliphatic heterocycles. The zero-order valence-corrected chi connectivity index (χ0v) is 12.8. The van der Waals surface area contributed by atoms with Crippen molar-refractivity contribution in [1.82, 2.24) is 0 Å². The minimum Gasteiger partial charge on any atom is -0.204 e. The summed E-state index contributed by atoms with van der Waals surface area (Å²) in [6.45, 7) is 2.26. The van der Waals surface area contributed by atoms with Crippen LogP contribution < -0.4 is 0 Å². The van der Waals surface area contributed by atoms with Gasteiger partial charge in [0.2, 0.25) is 0 Å². The van der Waals surface area contributed by atoms with Gasteiger partial charge in [-0.3, -0.25) is 0 Å². The molecule has 0 N–H and O–H groups in total. The lowest BCUT2D eigenvalue weighted by molar-refractivity contribution is 0.283. The highest BCUT2D eigenvalue weighted by atomic mass is 19.2. The minimum absolute atomic E-state index is 0.568. The van der Waals surface area contributed by atoms with Crippen molar-refractivity contribution in [3.8, 4) is 0 Å². The average Bonchev–Trinajstić information content (AvgIpc) is 2.52. The van der Waals surface area contributed by atoms with Gasteiger partial charge in [0.25, 0.3) is 0 Å². The Morgan fingerprint density at radius 2 is 1.81 bits per heavy atom. The van der Waals surface area contributed by atoms with Crippen LogP contribution in [0.5, 0.6) is 0 Å². The van der Waals surface area contributed by atoms with Crippen LogP contribution in [0.4, 0.5) is 8.78 Å². The Balaban J connectivity index is 1.73. The van der Waals surface area contributed by atoms with Gasteiger partial charge in [0.05, 0.1) is 0 Å². The zero-order chi connectivity index (χ0) is 14.8. The van der Waals surface area contributed by atoms with E-state index in [-0.39, 0.29) is 0 Å². The van der Waals surface area contributed by atoms with E-state index in [0.717, 1.165) is 17.9 Å². The highest BCUT2D eigenvalue weighted by Crippen LogP contribution is 2.39. The van der Waals surface area contributed by atoms with E-state index in [4.69, 9.17) is 0 Å². The third-order valence-corrected chi connectivity index (χ3v) is 5.30. The molecule has 0 saturated heterocycles. The third kappa shape index (κ3) is 3.04. The summed E-state index contributed by atoms with van der Waals surface area (Å²) in [4.78, 5) is 0. The molecular weight excluding hydrogens is 266 g/mol. The Kier molecular flexibility index (Phi) is 4.42. The van der Waals surface area contributed by atoms with Gasteiger partial charge in [-0.1, -0.05) is 37.5 Å². The molecule has 3 rings (SSSR count). The van der Waals surface area contributed by atoms with Gasteiger partial charge in [0, 0.05) is 0 Å². The lowest BCUT2D eigenvalue weighted by atomic mass is 9.74. The van der Waals surface area contributed by atoms with Crippen molar-refractivity contribution in [2.75, 3.05) is 0 Å². The number of halogens is 2. The predicted molar refractivity (Wildman–Crippen MR) is 83.0 cm³/mol. The predicted octanol–water partition coefficient (Wildman–Crippen LogP) is 5.90. The highest BCUT2D eigenvalue weighted by Gasteiger charge is 2.26. The summed E-state index contributed by atoms with van der Waals surface area (Å²) in [5, 5.41) is 0. The Bertz CT molecular complexity index is 537. The van der Waals surface area contributed by atoms with Gasteiger partial charge >= 0.3 is 0 Å². The van der Waals surface area contributed by atoms with Crippen LogP contribution >= 0.6 is 0 Å². The molecule has 2 heteroatoms. The number of benzene rings is 1. The maximum absolute atomic E-state index is 13.8. The van der Waals surface area contributed by atoms with Crippen LogP contribution in [-0.4, -0.2) is 0 Å². The molecule has 0 unspecified atom stereocenters. The van der Waals surface area contributed by atoms with Crippen molar-refractivity contribution >= 4 is 6.08 Å². The molecular formula is C19H24F2. The molecule has 0 heterocycles. The van der Waals surface area contributed by atoms with E-state index in [1.807, 2.05) is 0 Å². The summed E-state index contributed by atoms with van der Waals surface area (Å²) in [6, 6.07) is 2.99. The first-order chi connectivity index (χ1) is 10.2. The summed E-state index contributed by atoms with van der Waals surface area (Å²) >= 11 is 0. The van der Waals surface area contributed by atoms with Crippen molar-refractivity contribution in [2.24, 2.45) is 11.8 Å². The number of allylic oxidation sites excluding steroid dienone is 1. The molecule has 0 atom stereocenters. The van der Waals surface area contributed by atoms with E-state index < -0.39 is 11.6 Å². The van der Waals surface area contributed by atoms with E-state index in [1.54, 1.807) is 6.07 Å². The van der Waals surface area contributed by atoms with Crippen molar-refractivity contribution in [3.63, 3.8) is 0 Å². The fourth-order valence-corrected chi connectivity index (χ4v) is 4.09. The second-order valence-electron chi connectivity index (χ2n) is 6.65. The molecule has 0 nitrogen and oxygen atoms in total. The van der Waals surface area contributed by atoms with Crippen molar-refractivity contribution in [2.45, 2.75) is 58.3 Å². The van der Waals surface area contributed by atoms with E-state index in [0.29, 0.717) is 17.9 Å². The molecule has 1 aromatic rings. The molecule has 0 spiro atoms. The second-order valence-corrected chi connectivity index (χ2v) is 6.65. The van der Waals surface area contributed by atoms with Gasteiger partial charge in [-0.15, -0.1) is 0 Å². The topological polar surface area (TPSA) is 0 Å². The molecule has 2 aliphatic rings. The van der Waals surface area contributed by atoms with Crippen LogP contribution in [-0.2, 0) is 6.42 Å². The van der Waals surface area contributed by atoms with Gasteiger partial charge in [-0.05, 0) is 67.6 Å². The number of fused-ring (bicyclic) bond motifs is 1. The maximum atomic E-state index is 13.8. The quantitative estimate of drug-likeness (QED) is 0.650. The minimum atomic E-state index is -0.717. The van der Waals surface area contributed by atoms with Gasteiger partial charge in [-0.25, -0.2) is 8.78 Å². The Morgan fingerprint density at radius 3 is 2.52 bits per heavy atom. The van der Waals surface area contributed by atoms with Crippen molar-refractivity contribution in [3.05, 3.63) is 40.5 Å². The lowest BCUT2D eigenvalue weighted by Gasteiger charge is -2.31. The highest BCUT2D eigenvalue weighted by molar-refractivity contribution is 5.60. The first-order valence-corrected chi connectivity index (χ1v) is 8.36. The summed E-state index contributed by atoms with van der Waals surface area (Å²) in [5.74, 6) is 0.216. The summed E-state index contributed by atoms with van der Waals surface area (Å²) in [5.41, 5.74) is 2.92. The first-order valence-electron chi connectivity index (χ1n) is 8.36. The van der Waals surface area contributed by atoms with E-state index >= 15 is 0 Å². The SMILES string of the molecule is CCCC1CCC(C2=Cc3ccc(F)c(F)c3CC2)CC1. The molecule has 0 bridgehead atoms. The van der Waals surface area contributed by atoms with Crippen LogP contribution in [0, 0.1) is 23.5 Å². The molecule has 21 heavy (non-hydrogen) atoms. The summed E-state index contributed by atoms with van der Waals surface area (Å²) in [6.07, 6.45) is 11.5. The lowest BCUT2D eigenvalue weighted by Crippen LogP contribution is -2.18. The van der Waals surface area contributed by atoms with Gasteiger partial charge < -0.3 is 0 Å². The largest absolute Gasteiger partial charge is 0.204 e. The smallest absolute Gasteiger partial charge is 0.162 e. The molecule has 2 aliphatic carbocycles. The van der Waals surface area contributed by atoms with Crippen LogP contribution in [0.1, 0.15) is 63.0 Å². The van der Waals surface area contributed by atoms with Crippen LogP contribution in [0.15, 0.2) is 17.7 Å². The van der Waals surface area contributed by atoms with Crippen molar-refractivity contribution in [1.29, 1.82) is 0 Å². The maximum Gasteiger partial charge on any atom is 0.162 e. The fourth-order valence-electron chi connectivity index (χ4n) is 4.09. The zero-order valence-electron chi connectivity index (χ0n) is 12.8. The molecule has 1 saturated carbocycles. The van der Waals surface area contributed by atoms with Crippen molar-refractivity contribution < 1.29 is 8.78 Å². The number of rotatable bonds is 3. The number of hydrogen-bond donors (Lipinski definition) is 0. The fraction of sp³-hybridized carbons (Fsp3) is 0.579. The van der Waals surface area contributed by atoms with Crippen LogP contribution in [0.2, 0.25) is 0 Å². The molecule has 1 aromatic carbocycles. The third-order valence-electron chi connectivity index (χ3n) is 5.30. The molecule has 0 amide bonds. The summed E-state index contributed by atoms with van der Waals surface area (Å²) < 4.78 is 27.1. The monoisotopic (exact) mass is 290 g/mol. The van der Waals surface area contributed by atoms with E-state index in [9.17, 15) is 8.78 Å². The van der Waals surface area contributed by atoms with E-state index in [2.05, 4.69) is 13.0 Å². The van der Waals surface area contributed by atoms with E-state index in [1.165, 1.54) is 50.2 Å². The Hall–Kier alpha value is -1.18. The normalized spacial score (nSPS) is 25.4. The molecule has 114 valence electrons. The van der Waals surface area contributed by atoms with Gasteiger partial charge in [-0.2, -0.15) is 0 Å². The number of hydrogen-bond acceptors (Lipinski definition) is 0. The standard InChI is InChI=1S/C19H24F2/c1-2-3-13-4-6-14(7-5-13)15-8-10-17-16(12-15)9-11-18(20)19(17)21/h9,11-14H,2-8,10H2,1H3. The molecule has 0 aromatic heterocycles.